The van der Waals surface area contributed by atoms with Crippen molar-refractivity contribution >= 4 is 15.9 Å². The van der Waals surface area contributed by atoms with Gasteiger partial charge < -0.3 is 5.32 Å². The van der Waals surface area contributed by atoms with Crippen molar-refractivity contribution in [1.82, 2.24) is 20.2 Å². The third-order valence-corrected chi connectivity index (χ3v) is 5.09. The van der Waals surface area contributed by atoms with Crippen LogP contribution in [-0.2, 0) is 16.4 Å². The predicted molar refractivity (Wildman–Crippen MR) is 95.8 cm³/mol. The van der Waals surface area contributed by atoms with Crippen molar-refractivity contribution < 1.29 is 13.2 Å². The van der Waals surface area contributed by atoms with Gasteiger partial charge in [-0.05, 0) is 43.5 Å². The molecule has 0 aliphatic heterocycles. The van der Waals surface area contributed by atoms with Gasteiger partial charge in [-0.1, -0.05) is 12.1 Å². The molecule has 1 heterocycles. The van der Waals surface area contributed by atoms with E-state index in [1.807, 2.05) is 6.92 Å². The van der Waals surface area contributed by atoms with Crippen LogP contribution in [0, 0.1) is 6.92 Å². The zero-order valence-electron chi connectivity index (χ0n) is 14.1. The van der Waals surface area contributed by atoms with E-state index in [-0.39, 0.29) is 17.3 Å². The normalized spacial score (nSPS) is 11.2. The molecule has 0 bridgehead atoms. The standard InChI is InChI=1S/C17H22N4O3S/c1-3-9-20-25(23,24)16-8-4-6-14(11-16)17(22)18-10-5-7-15-12-19-21-13(15)2/h3-4,6,8,11-12,20H,1,5,7,9-10H2,2H3,(H,18,22)(H,19,21). The molecule has 2 rings (SSSR count). The van der Waals surface area contributed by atoms with Crippen LogP contribution in [0.2, 0.25) is 0 Å². The molecule has 0 saturated carbocycles. The second-order valence-electron chi connectivity index (χ2n) is 5.55. The molecular formula is C17H22N4O3S. The number of hydrogen-bond donors (Lipinski definition) is 3. The summed E-state index contributed by atoms with van der Waals surface area (Å²) in [6.45, 7) is 6.05. The van der Waals surface area contributed by atoms with Gasteiger partial charge in [-0.15, -0.1) is 6.58 Å². The van der Waals surface area contributed by atoms with Crippen molar-refractivity contribution in [2.24, 2.45) is 0 Å². The number of aryl methyl sites for hydroxylation is 2. The van der Waals surface area contributed by atoms with Crippen LogP contribution in [-0.4, -0.2) is 37.6 Å². The molecule has 0 spiro atoms. The van der Waals surface area contributed by atoms with E-state index in [1.54, 1.807) is 18.3 Å². The van der Waals surface area contributed by atoms with Crippen LogP contribution in [0.4, 0.5) is 0 Å². The fourth-order valence-corrected chi connectivity index (χ4v) is 3.31. The number of aromatic nitrogens is 2. The smallest absolute Gasteiger partial charge is 0.251 e. The Labute approximate surface area is 147 Å². The number of amides is 1. The van der Waals surface area contributed by atoms with Gasteiger partial charge in [-0.3, -0.25) is 9.89 Å². The van der Waals surface area contributed by atoms with Gasteiger partial charge in [0.2, 0.25) is 10.0 Å². The molecule has 0 saturated heterocycles. The van der Waals surface area contributed by atoms with Gasteiger partial charge >= 0.3 is 0 Å². The molecular weight excluding hydrogens is 340 g/mol. The van der Waals surface area contributed by atoms with Crippen LogP contribution in [0.5, 0.6) is 0 Å². The second-order valence-corrected chi connectivity index (χ2v) is 7.32. The summed E-state index contributed by atoms with van der Waals surface area (Å²) in [6, 6.07) is 5.94. The van der Waals surface area contributed by atoms with Gasteiger partial charge in [-0.25, -0.2) is 13.1 Å². The van der Waals surface area contributed by atoms with E-state index in [2.05, 4.69) is 26.8 Å². The maximum Gasteiger partial charge on any atom is 0.251 e. The molecule has 0 aliphatic carbocycles. The van der Waals surface area contributed by atoms with Gasteiger partial charge in [0.15, 0.2) is 0 Å². The average molecular weight is 362 g/mol. The Morgan fingerprint density at radius 1 is 1.40 bits per heavy atom. The lowest BCUT2D eigenvalue weighted by Gasteiger charge is -2.08. The monoisotopic (exact) mass is 362 g/mol. The number of H-pyrrole nitrogens is 1. The van der Waals surface area contributed by atoms with Gasteiger partial charge in [-0.2, -0.15) is 5.10 Å². The molecule has 3 N–H and O–H groups in total. The Morgan fingerprint density at radius 3 is 2.88 bits per heavy atom. The number of rotatable bonds is 9. The van der Waals surface area contributed by atoms with E-state index in [9.17, 15) is 13.2 Å². The molecule has 0 aliphatic rings. The lowest BCUT2D eigenvalue weighted by molar-refractivity contribution is 0.0953. The van der Waals surface area contributed by atoms with E-state index >= 15 is 0 Å². The number of carbonyl (C=O) groups excluding carboxylic acids is 1. The highest BCUT2D eigenvalue weighted by Gasteiger charge is 2.15. The van der Waals surface area contributed by atoms with Crippen LogP contribution in [0.25, 0.3) is 0 Å². The van der Waals surface area contributed by atoms with Crippen molar-refractivity contribution in [1.29, 1.82) is 0 Å². The number of hydrogen-bond acceptors (Lipinski definition) is 4. The highest BCUT2D eigenvalue weighted by Crippen LogP contribution is 2.11. The molecule has 2 aromatic rings. The van der Waals surface area contributed by atoms with Crippen LogP contribution in [0.1, 0.15) is 28.0 Å². The van der Waals surface area contributed by atoms with E-state index in [1.165, 1.54) is 18.2 Å². The molecule has 25 heavy (non-hydrogen) atoms. The third kappa shape index (κ3) is 5.27. The molecule has 7 nitrogen and oxygen atoms in total. The van der Waals surface area contributed by atoms with E-state index in [0.29, 0.717) is 12.1 Å². The predicted octanol–water partition coefficient (Wildman–Crippen LogP) is 1.55. The minimum atomic E-state index is -3.65. The number of carbonyl (C=O) groups is 1. The van der Waals surface area contributed by atoms with Crippen molar-refractivity contribution in [2.45, 2.75) is 24.7 Å². The van der Waals surface area contributed by atoms with Gasteiger partial charge in [0, 0.05) is 24.3 Å². The summed E-state index contributed by atoms with van der Waals surface area (Å²) in [7, 11) is -3.65. The van der Waals surface area contributed by atoms with Crippen molar-refractivity contribution in [3.8, 4) is 0 Å². The van der Waals surface area contributed by atoms with Crippen LogP contribution >= 0.6 is 0 Å². The molecule has 1 amide bonds. The Balaban J connectivity index is 1.92. The maximum absolute atomic E-state index is 12.2. The minimum absolute atomic E-state index is 0.0519. The summed E-state index contributed by atoms with van der Waals surface area (Å²) in [4.78, 5) is 12.3. The molecule has 1 aromatic heterocycles. The molecule has 0 radical (unpaired) electrons. The van der Waals surface area contributed by atoms with Crippen LogP contribution in [0.3, 0.4) is 0 Å². The summed E-state index contributed by atoms with van der Waals surface area (Å²) in [5.41, 5.74) is 2.45. The van der Waals surface area contributed by atoms with Crippen molar-refractivity contribution in [3.05, 3.63) is 59.9 Å². The number of nitrogens with one attached hydrogen (secondary N) is 3. The minimum Gasteiger partial charge on any atom is -0.352 e. The van der Waals surface area contributed by atoms with Crippen molar-refractivity contribution in [3.63, 3.8) is 0 Å². The largest absolute Gasteiger partial charge is 0.352 e. The van der Waals surface area contributed by atoms with E-state index in [4.69, 9.17) is 0 Å². The molecule has 0 unspecified atom stereocenters. The molecule has 0 fully saturated rings. The van der Waals surface area contributed by atoms with Crippen LogP contribution < -0.4 is 10.0 Å². The second kappa shape index (κ2) is 8.59. The summed E-state index contributed by atoms with van der Waals surface area (Å²) < 4.78 is 26.6. The summed E-state index contributed by atoms with van der Waals surface area (Å²) in [5.74, 6) is -0.301. The number of sulfonamides is 1. The maximum atomic E-state index is 12.2. The Bertz CT molecular complexity index is 843. The fourth-order valence-electron chi connectivity index (χ4n) is 2.27. The highest BCUT2D eigenvalue weighted by molar-refractivity contribution is 7.89. The third-order valence-electron chi connectivity index (χ3n) is 3.67. The average Bonchev–Trinajstić information content (AvgIpc) is 3.02. The molecule has 134 valence electrons. The Kier molecular flexibility index (Phi) is 6.49. The Morgan fingerprint density at radius 2 is 2.20 bits per heavy atom. The van der Waals surface area contributed by atoms with Gasteiger partial charge in [0.05, 0.1) is 11.1 Å². The molecule has 1 aromatic carbocycles. The Hall–Kier alpha value is -2.45. The zero-order valence-corrected chi connectivity index (χ0v) is 14.9. The first kappa shape index (κ1) is 18.9. The number of aromatic amines is 1. The summed E-state index contributed by atoms with van der Waals surface area (Å²) >= 11 is 0. The molecule has 0 atom stereocenters. The SMILES string of the molecule is C=CCNS(=O)(=O)c1cccc(C(=O)NCCCc2cn[nH]c2C)c1. The summed E-state index contributed by atoms with van der Waals surface area (Å²) in [5, 5.41) is 9.63. The number of nitrogens with zero attached hydrogens (tertiary/aromatic N) is 1. The molecule has 8 heteroatoms. The first-order valence-electron chi connectivity index (χ1n) is 7.91. The van der Waals surface area contributed by atoms with Crippen molar-refractivity contribution in [2.75, 3.05) is 13.1 Å². The lowest BCUT2D eigenvalue weighted by atomic mass is 10.1. The quantitative estimate of drug-likeness (QED) is 0.465. The van der Waals surface area contributed by atoms with E-state index < -0.39 is 10.0 Å². The zero-order chi connectivity index (χ0) is 18.3. The highest BCUT2D eigenvalue weighted by atomic mass is 32.2. The first-order valence-corrected chi connectivity index (χ1v) is 9.40. The van der Waals surface area contributed by atoms with Crippen LogP contribution in [0.15, 0.2) is 48.0 Å². The van der Waals surface area contributed by atoms with Gasteiger partial charge in [0.25, 0.3) is 5.91 Å². The first-order chi connectivity index (χ1) is 11.9. The van der Waals surface area contributed by atoms with E-state index in [0.717, 1.165) is 24.1 Å². The topological polar surface area (TPSA) is 104 Å². The lowest BCUT2D eigenvalue weighted by Crippen LogP contribution is -2.26. The summed E-state index contributed by atoms with van der Waals surface area (Å²) in [6.07, 6.45) is 4.81. The number of benzene rings is 1. The van der Waals surface area contributed by atoms with Gasteiger partial charge in [0.1, 0.15) is 0 Å². The fraction of sp³-hybridized carbons (Fsp3) is 0.294.